The number of halogens is 1. The number of pyridine rings is 1. The third kappa shape index (κ3) is 4.20. The van der Waals surface area contributed by atoms with Crippen molar-refractivity contribution in [2.45, 2.75) is 38.6 Å². The second-order valence-electron chi connectivity index (χ2n) is 4.94. The number of carbonyl (C=O) groups is 1. The molecule has 0 aromatic carbocycles. The summed E-state index contributed by atoms with van der Waals surface area (Å²) in [6.07, 6.45) is 5.48. The van der Waals surface area contributed by atoms with Crippen molar-refractivity contribution in [2.75, 3.05) is 18.0 Å². The van der Waals surface area contributed by atoms with Crippen molar-refractivity contribution >= 4 is 27.7 Å². The number of carbonyl (C=O) groups excluding carboxylic acids is 1. The summed E-state index contributed by atoms with van der Waals surface area (Å²) in [4.78, 5) is 18.3. The fraction of sp³-hybridized carbons (Fsp3) is 0.571. The van der Waals surface area contributed by atoms with E-state index in [0.717, 1.165) is 42.6 Å². The van der Waals surface area contributed by atoms with Crippen LogP contribution in [0.15, 0.2) is 22.8 Å². The number of rotatable bonds is 4. The summed E-state index contributed by atoms with van der Waals surface area (Å²) in [6, 6.07) is 4.26. The maximum atomic E-state index is 11.6. The summed E-state index contributed by atoms with van der Waals surface area (Å²) in [5.74, 6) is 1.15. The Morgan fingerprint density at radius 3 is 3.11 bits per heavy atom. The monoisotopic (exact) mass is 325 g/mol. The number of nitrogens with one attached hydrogen (secondary N) is 1. The molecule has 4 nitrogen and oxygen atoms in total. The molecule has 5 heteroatoms. The molecule has 0 bridgehead atoms. The summed E-state index contributed by atoms with van der Waals surface area (Å²) in [7, 11) is 0. The van der Waals surface area contributed by atoms with Crippen LogP contribution in [-0.4, -0.2) is 30.0 Å². The van der Waals surface area contributed by atoms with Crippen LogP contribution < -0.4 is 10.2 Å². The van der Waals surface area contributed by atoms with Crippen LogP contribution in [0.1, 0.15) is 32.6 Å². The molecule has 1 amide bonds. The van der Waals surface area contributed by atoms with Crippen LogP contribution in [0.2, 0.25) is 0 Å². The number of amides is 1. The van der Waals surface area contributed by atoms with Crippen LogP contribution in [-0.2, 0) is 4.79 Å². The Hall–Kier alpha value is -1.10. The maximum Gasteiger partial charge on any atom is 0.220 e. The topological polar surface area (TPSA) is 45.2 Å². The first-order valence-corrected chi connectivity index (χ1v) is 7.64. The molecule has 1 atom stereocenters. The Balaban J connectivity index is 1.93. The third-order valence-electron chi connectivity index (χ3n) is 3.30. The molecule has 1 aliphatic heterocycles. The van der Waals surface area contributed by atoms with Crippen LogP contribution in [0.3, 0.4) is 0 Å². The van der Waals surface area contributed by atoms with Gasteiger partial charge in [0, 0.05) is 36.2 Å². The average molecular weight is 326 g/mol. The van der Waals surface area contributed by atoms with E-state index in [1.807, 2.05) is 25.3 Å². The Kier molecular flexibility index (Phi) is 5.19. The first-order valence-electron chi connectivity index (χ1n) is 6.85. The normalized spacial score (nSPS) is 19.3. The Labute approximate surface area is 122 Å². The Morgan fingerprint density at radius 1 is 1.58 bits per heavy atom. The molecule has 2 heterocycles. The minimum absolute atomic E-state index is 0.165. The highest BCUT2D eigenvalue weighted by atomic mass is 79.9. The number of anilines is 1. The van der Waals surface area contributed by atoms with Gasteiger partial charge in [-0.05, 0) is 47.3 Å². The van der Waals surface area contributed by atoms with Crippen molar-refractivity contribution in [1.29, 1.82) is 0 Å². The molecule has 0 aliphatic carbocycles. The molecular formula is C14H20BrN3O. The molecule has 1 N–H and O–H groups in total. The second kappa shape index (κ2) is 6.89. The van der Waals surface area contributed by atoms with E-state index in [-0.39, 0.29) is 11.9 Å². The minimum Gasteiger partial charge on any atom is -0.355 e. The van der Waals surface area contributed by atoms with Gasteiger partial charge >= 0.3 is 0 Å². The highest BCUT2D eigenvalue weighted by molar-refractivity contribution is 9.10. The molecule has 1 fully saturated rings. The fourth-order valence-corrected chi connectivity index (χ4v) is 2.62. The molecule has 1 aromatic heterocycles. The summed E-state index contributed by atoms with van der Waals surface area (Å²) < 4.78 is 0.987. The highest BCUT2D eigenvalue weighted by Crippen LogP contribution is 2.19. The van der Waals surface area contributed by atoms with Gasteiger partial charge in [-0.25, -0.2) is 4.98 Å². The molecule has 104 valence electrons. The highest BCUT2D eigenvalue weighted by Gasteiger charge is 2.21. The van der Waals surface area contributed by atoms with Crippen molar-refractivity contribution in [3.05, 3.63) is 22.8 Å². The van der Waals surface area contributed by atoms with Gasteiger partial charge in [-0.15, -0.1) is 0 Å². The first-order chi connectivity index (χ1) is 9.19. The molecule has 0 radical (unpaired) electrons. The van der Waals surface area contributed by atoms with E-state index in [9.17, 15) is 4.79 Å². The Morgan fingerprint density at radius 2 is 2.42 bits per heavy atom. The molecule has 19 heavy (non-hydrogen) atoms. The van der Waals surface area contributed by atoms with Gasteiger partial charge < -0.3 is 10.2 Å². The van der Waals surface area contributed by atoms with E-state index in [1.165, 1.54) is 0 Å². The summed E-state index contributed by atoms with van der Waals surface area (Å²) in [5, 5.41) is 3.11. The van der Waals surface area contributed by atoms with Crippen LogP contribution in [0.25, 0.3) is 0 Å². The lowest BCUT2D eigenvalue weighted by molar-refractivity contribution is -0.121. The van der Waals surface area contributed by atoms with E-state index < -0.39 is 0 Å². The molecule has 2 rings (SSSR count). The molecule has 1 unspecified atom stereocenters. The largest absolute Gasteiger partial charge is 0.355 e. The van der Waals surface area contributed by atoms with Gasteiger partial charge in [0.25, 0.3) is 0 Å². The van der Waals surface area contributed by atoms with Gasteiger partial charge in [-0.3, -0.25) is 4.79 Å². The van der Waals surface area contributed by atoms with Gasteiger partial charge in [-0.1, -0.05) is 6.92 Å². The number of piperidine rings is 1. The fourth-order valence-electron chi connectivity index (χ4n) is 2.39. The van der Waals surface area contributed by atoms with Gasteiger partial charge in [0.05, 0.1) is 0 Å². The number of nitrogens with zero attached hydrogens (tertiary/aromatic N) is 2. The van der Waals surface area contributed by atoms with E-state index in [2.05, 4.69) is 31.1 Å². The molecule has 1 aliphatic rings. The number of hydrogen-bond acceptors (Lipinski definition) is 3. The van der Waals surface area contributed by atoms with Crippen LogP contribution >= 0.6 is 15.9 Å². The van der Waals surface area contributed by atoms with Crippen molar-refractivity contribution < 1.29 is 4.79 Å². The average Bonchev–Trinajstić information content (AvgIpc) is 2.40. The Bertz CT molecular complexity index is 421. The lowest BCUT2D eigenvalue weighted by atomic mass is 10.1. The quantitative estimate of drug-likeness (QED) is 0.925. The lowest BCUT2D eigenvalue weighted by Gasteiger charge is -2.34. The molecule has 0 spiro atoms. The van der Waals surface area contributed by atoms with E-state index >= 15 is 0 Å². The van der Waals surface area contributed by atoms with Crippen molar-refractivity contribution in [1.82, 2.24) is 10.3 Å². The lowest BCUT2D eigenvalue weighted by Crippen LogP contribution is -2.48. The van der Waals surface area contributed by atoms with E-state index in [4.69, 9.17) is 0 Å². The number of hydrogen-bond donors (Lipinski definition) is 1. The molecule has 1 saturated heterocycles. The van der Waals surface area contributed by atoms with Crippen molar-refractivity contribution in [3.63, 3.8) is 0 Å². The van der Waals surface area contributed by atoms with Gasteiger partial charge in [0.15, 0.2) is 0 Å². The van der Waals surface area contributed by atoms with Crippen molar-refractivity contribution in [3.8, 4) is 0 Å². The maximum absolute atomic E-state index is 11.6. The first kappa shape index (κ1) is 14.3. The zero-order valence-electron chi connectivity index (χ0n) is 11.2. The van der Waals surface area contributed by atoms with E-state index in [0.29, 0.717) is 6.42 Å². The molecule has 1 aromatic rings. The van der Waals surface area contributed by atoms with Crippen molar-refractivity contribution in [2.24, 2.45) is 0 Å². The van der Waals surface area contributed by atoms with E-state index in [1.54, 1.807) is 0 Å². The van der Waals surface area contributed by atoms with Crippen LogP contribution in [0, 0.1) is 0 Å². The molecule has 0 saturated carbocycles. The van der Waals surface area contributed by atoms with Gasteiger partial charge in [0.1, 0.15) is 5.82 Å². The SMILES string of the molecule is CCCC(=O)NC1CCCN(c2ccc(Br)cn2)C1. The van der Waals surface area contributed by atoms with Gasteiger partial charge in [0.2, 0.25) is 5.91 Å². The van der Waals surface area contributed by atoms with Gasteiger partial charge in [-0.2, -0.15) is 0 Å². The second-order valence-corrected chi connectivity index (χ2v) is 5.85. The smallest absolute Gasteiger partial charge is 0.220 e. The number of aromatic nitrogens is 1. The third-order valence-corrected chi connectivity index (χ3v) is 3.77. The van der Waals surface area contributed by atoms with Crippen LogP contribution in [0.4, 0.5) is 5.82 Å². The zero-order valence-corrected chi connectivity index (χ0v) is 12.8. The standard InChI is InChI=1S/C14H20BrN3O/c1-2-4-14(19)17-12-5-3-8-18(10-12)13-7-6-11(15)9-16-13/h6-7,9,12H,2-5,8,10H2,1H3,(H,17,19). The minimum atomic E-state index is 0.165. The summed E-state index contributed by atoms with van der Waals surface area (Å²) >= 11 is 3.39. The predicted octanol–water partition coefficient (Wildman–Crippen LogP) is 2.73. The zero-order chi connectivity index (χ0) is 13.7. The summed E-state index contributed by atoms with van der Waals surface area (Å²) in [6.45, 7) is 3.89. The molecular weight excluding hydrogens is 306 g/mol. The summed E-state index contributed by atoms with van der Waals surface area (Å²) in [5.41, 5.74) is 0. The predicted molar refractivity (Wildman–Crippen MR) is 80.2 cm³/mol. The van der Waals surface area contributed by atoms with Crippen LogP contribution in [0.5, 0.6) is 0 Å².